The van der Waals surface area contributed by atoms with E-state index in [2.05, 4.69) is 9.97 Å². The van der Waals surface area contributed by atoms with Crippen molar-refractivity contribution < 1.29 is 4.74 Å². The number of rotatable bonds is 3. The number of anilines is 3. The average molecular weight is 244 g/mol. The van der Waals surface area contributed by atoms with Crippen LogP contribution >= 0.6 is 0 Å². The lowest BCUT2D eigenvalue weighted by molar-refractivity contribution is 0.415. The van der Waals surface area contributed by atoms with E-state index in [0.29, 0.717) is 0 Å². The Hall–Kier alpha value is -2.30. The molecule has 1 heterocycles. The lowest BCUT2D eigenvalue weighted by Crippen LogP contribution is -2.13. The van der Waals surface area contributed by atoms with Gasteiger partial charge in [0.05, 0.1) is 7.11 Å². The second-order valence-corrected chi connectivity index (χ2v) is 3.98. The minimum atomic E-state index is 0.283. The molecule has 0 amide bonds. The van der Waals surface area contributed by atoms with Crippen LogP contribution in [0.3, 0.4) is 0 Å². The first-order chi connectivity index (χ1) is 8.60. The number of nitrogens with two attached hydrogens (primary N) is 1. The molecule has 5 nitrogen and oxygen atoms in total. The van der Waals surface area contributed by atoms with Gasteiger partial charge in [0.1, 0.15) is 11.6 Å². The van der Waals surface area contributed by atoms with Crippen LogP contribution in [0.15, 0.2) is 30.3 Å². The number of nitrogen functional groups attached to an aromatic ring is 1. The summed E-state index contributed by atoms with van der Waals surface area (Å²) in [6.45, 7) is 1.89. The molecule has 0 aliphatic rings. The molecule has 0 aliphatic carbocycles. The Kier molecular flexibility index (Phi) is 3.32. The second-order valence-electron chi connectivity index (χ2n) is 3.98. The number of hydrogen-bond acceptors (Lipinski definition) is 5. The molecular weight excluding hydrogens is 228 g/mol. The molecule has 0 spiro atoms. The maximum atomic E-state index is 5.65. The Bertz CT molecular complexity index is 519. The maximum absolute atomic E-state index is 5.65. The topological polar surface area (TPSA) is 64.3 Å². The zero-order chi connectivity index (χ0) is 13.1. The van der Waals surface area contributed by atoms with Crippen LogP contribution in [0.5, 0.6) is 5.75 Å². The molecule has 1 aromatic carbocycles. The molecule has 5 heteroatoms. The third kappa shape index (κ3) is 2.51. The Morgan fingerprint density at radius 3 is 2.39 bits per heavy atom. The van der Waals surface area contributed by atoms with Gasteiger partial charge in [-0.2, -0.15) is 4.98 Å². The summed E-state index contributed by atoms with van der Waals surface area (Å²) in [6.07, 6.45) is 0. The van der Waals surface area contributed by atoms with Crippen molar-refractivity contribution in [2.45, 2.75) is 6.92 Å². The van der Waals surface area contributed by atoms with E-state index in [1.165, 1.54) is 0 Å². The molecule has 1 aromatic heterocycles. The van der Waals surface area contributed by atoms with Gasteiger partial charge in [0.25, 0.3) is 0 Å². The molecule has 0 atom stereocenters. The van der Waals surface area contributed by atoms with E-state index >= 15 is 0 Å². The van der Waals surface area contributed by atoms with Gasteiger partial charge in [-0.25, -0.2) is 4.98 Å². The third-order valence-electron chi connectivity index (χ3n) is 2.66. The highest BCUT2D eigenvalue weighted by atomic mass is 16.5. The van der Waals surface area contributed by atoms with E-state index in [9.17, 15) is 0 Å². The summed E-state index contributed by atoms with van der Waals surface area (Å²) in [7, 11) is 3.58. The van der Waals surface area contributed by atoms with Crippen molar-refractivity contribution in [2.75, 3.05) is 24.8 Å². The van der Waals surface area contributed by atoms with Crippen molar-refractivity contribution in [3.8, 4) is 5.75 Å². The first kappa shape index (κ1) is 12.2. The predicted molar refractivity (Wildman–Crippen MR) is 72.2 cm³/mol. The summed E-state index contributed by atoms with van der Waals surface area (Å²) >= 11 is 0. The van der Waals surface area contributed by atoms with E-state index in [-0.39, 0.29) is 5.95 Å². The smallest absolute Gasteiger partial charge is 0.222 e. The molecule has 0 bridgehead atoms. The molecular formula is C13H16N4O. The number of methoxy groups -OCH3 is 1. The van der Waals surface area contributed by atoms with Gasteiger partial charge in [-0.15, -0.1) is 0 Å². The standard InChI is InChI=1S/C13H16N4O/c1-9-8-12(16-13(14)15-9)17(2)10-4-6-11(18-3)7-5-10/h4-8H,1-3H3,(H2,14,15,16). The van der Waals surface area contributed by atoms with Gasteiger partial charge >= 0.3 is 0 Å². The van der Waals surface area contributed by atoms with Crippen molar-refractivity contribution in [1.29, 1.82) is 0 Å². The van der Waals surface area contributed by atoms with Crippen molar-refractivity contribution >= 4 is 17.5 Å². The summed E-state index contributed by atoms with van der Waals surface area (Å²) in [5, 5.41) is 0. The van der Waals surface area contributed by atoms with Crippen molar-refractivity contribution in [1.82, 2.24) is 9.97 Å². The Morgan fingerprint density at radius 2 is 1.83 bits per heavy atom. The predicted octanol–water partition coefficient (Wildman–Crippen LogP) is 2.14. The zero-order valence-corrected chi connectivity index (χ0v) is 10.7. The fourth-order valence-corrected chi connectivity index (χ4v) is 1.68. The molecule has 0 radical (unpaired) electrons. The fourth-order valence-electron chi connectivity index (χ4n) is 1.68. The van der Waals surface area contributed by atoms with E-state index in [0.717, 1.165) is 22.9 Å². The normalized spacial score (nSPS) is 10.2. The van der Waals surface area contributed by atoms with Crippen LogP contribution in [0.1, 0.15) is 5.69 Å². The second kappa shape index (κ2) is 4.91. The van der Waals surface area contributed by atoms with Gasteiger partial charge in [0, 0.05) is 24.5 Å². The highest BCUT2D eigenvalue weighted by Gasteiger charge is 2.07. The number of benzene rings is 1. The van der Waals surface area contributed by atoms with Gasteiger partial charge < -0.3 is 15.4 Å². The van der Waals surface area contributed by atoms with Crippen molar-refractivity contribution in [3.05, 3.63) is 36.0 Å². The average Bonchev–Trinajstić information content (AvgIpc) is 2.37. The first-order valence-electron chi connectivity index (χ1n) is 5.59. The number of aryl methyl sites for hydroxylation is 1. The largest absolute Gasteiger partial charge is 0.497 e. The summed E-state index contributed by atoms with van der Waals surface area (Å²) < 4.78 is 5.13. The summed E-state index contributed by atoms with van der Waals surface area (Å²) in [4.78, 5) is 10.2. The van der Waals surface area contributed by atoms with Gasteiger partial charge in [-0.05, 0) is 31.2 Å². The monoisotopic (exact) mass is 244 g/mol. The Balaban J connectivity index is 2.31. The minimum absolute atomic E-state index is 0.283. The number of hydrogen-bond donors (Lipinski definition) is 1. The van der Waals surface area contributed by atoms with E-state index in [1.54, 1.807) is 7.11 Å². The molecule has 2 N–H and O–H groups in total. The maximum Gasteiger partial charge on any atom is 0.222 e. The van der Waals surface area contributed by atoms with Crippen LogP contribution in [0, 0.1) is 6.92 Å². The SMILES string of the molecule is COc1ccc(N(C)c2cc(C)nc(N)n2)cc1. The van der Waals surface area contributed by atoms with Crippen LogP contribution in [-0.2, 0) is 0 Å². The lowest BCUT2D eigenvalue weighted by atomic mass is 10.2. The molecule has 0 saturated carbocycles. The quantitative estimate of drug-likeness (QED) is 0.896. The van der Waals surface area contributed by atoms with Crippen LogP contribution in [0.25, 0.3) is 0 Å². The highest BCUT2D eigenvalue weighted by Crippen LogP contribution is 2.24. The van der Waals surface area contributed by atoms with Gasteiger partial charge in [0.2, 0.25) is 5.95 Å². The molecule has 2 rings (SSSR count). The third-order valence-corrected chi connectivity index (χ3v) is 2.66. The fraction of sp³-hybridized carbons (Fsp3) is 0.231. The van der Waals surface area contributed by atoms with Gasteiger partial charge in [0.15, 0.2) is 0 Å². The van der Waals surface area contributed by atoms with Crippen LogP contribution in [0.4, 0.5) is 17.5 Å². The Labute approximate surface area is 106 Å². The van der Waals surface area contributed by atoms with Crippen molar-refractivity contribution in [2.24, 2.45) is 0 Å². The molecule has 94 valence electrons. The Morgan fingerprint density at radius 1 is 1.17 bits per heavy atom. The summed E-state index contributed by atoms with van der Waals surface area (Å²) in [5.41, 5.74) is 7.50. The zero-order valence-electron chi connectivity index (χ0n) is 10.7. The van der Waals surface area contributed by atoms with Gasteiger partial charge in [-0.1, -0.05) is 0 Å². The van der Waals surface area contributed by atoms with Crippen LogP contribution in [-0.4, -0.2) is 24.1 Å². The summed E-state index contributed by atoms with van der Waals surface area (Å²) in [5.74, 6) is 1.88. The molecule has 18 heavy (non-hydrogen) atoms. The number of ether oxygens (including phenoxy) is 1. The molecule has 0 saturated heterocycles. The minimum Gasteiger partial charge on any atom is -0.497 e. The number of aromatic nitrogens is 2. The molecule has 0 unspecified atom stereocenters. The lowest BCUT2D eigenvalue weighted by Gasteiger charge is -2.19. The highest BCUT2D eigenvalue weighted by molar-refractivity contribution is 5.60. The van der Waals surface area contributed by atoms with Crippen LogP contribution in [0.2, 0.25) is 0 Å². The molecule has 0 fully saturated rings. The van der Waals surface area contributed by atoms with Crippen LogP contribution < -0.4 is 15.4 Å². The van der Waals surface area contributed by atoms with Gasteiger partial charge in [-0.3, -0.25) is 0 Å². The first-order valence-corrected chi connectivity index (χ1v) is 5.59. The van der Waals surface area contributed by atoms with Crippen molar-refractivity contribution in [3.63, 3.8) is 0 Å². The molecule has 0 aliphatic heterocycles. The molecule has 2 aromatic rings. The van der Waals surface area contributed by atoms with E-state index in [4.69, 9.17) is 10.5 Å². The summed E-state index contributed by atoms with van der Waals surface area (Å²) in [6, 6.07) is 9.63. The number of nitrogens with zero attached hydrogens (tertiary/aromatic N) is 3. The van der Waals surface area contributed by atoms with E-state index < -0.39 is 0 Å². The van der Waals surface area contributed by atoms with E-state index in [1.807, 2.05) is 49.2 Å².